The molecule has 8 heteroatoms. The average molecular weight is 406 g/mol. The van der Waals surface area contributed by atoms with Gasteiger partial charge >= 0.3 is 0 Å². The van der Waals surface area contributed by atoms with Gasteiger partial charge in [-0.2, -0.15) is 5.10 Å². The first-order valence-electron chi connectivity index (χ1n) is 10.1. The van der Waals surface area contributed by atoms with Crippen LogP contribution in [0.4, 0.5) is 10.3 Å². The SMILES string of the molecule is Cc1nn(C(C)C)cc1-c1cnc(NCc2c(F)ccc3c2CCO3)n2cncc12. The van der Waals surface area contributed by atoms with E-state index in [1.807, 2.05) is 34.6 Å². The third-order valence-electron chi connectivity index (χ3n) is 5.56. The van der Waals surface area contributed by atoms with Crippen molar-refractivity contribution in [2.45, 2.75) is 39.8 Å². The van der Waals surface area contributed by atoms with Crippen molar-refractivity contribution in [2.24, 2.45) is 0 Å². The van der Waals surface area contributed by atoms with Crippen LogP contribution in [0.5, 0.6) is 5.75 Å². The lowest BCUT2D eigenvalue weighted by Gasteiger charge is -2.13. The average Bonchev–Trinajstić information content (AvgIpc) is 3.46. The maximum Gasteiger partial charge on any atom is 0.208 e. The number of hydrogen-bond acceptors (Lipinski definition) is 5. The van der Waals surface area contributed by atoms with Crippen molar-refractivity contribution in [1.82, 2.24) is 24.1 Å². The minimum absolute atomic E-state index is 0.234. The van der Waals surface area contributed by atoms with Crippen molar-refractivity contribution in [2.75, 3.05) is 11.9 Å². The van der Waals surface area contributed by atoms with Crippen molar-refractivity contribution in [3.63, 3.8) is 0 Å². The van der Waals surface area contributed by atoms with Gasteiger partial charge in [0.2, 0.25) is 5.95 Å². The lowest BCUT2D eigenvalue weighted by Crippen LogP contribution is -2.09. The van der Waals surface area contributed by atoms with Gasteiger partial charge in [0.05, 0.1) is 24.0 Å². The zero-order valence-electron chi connectivity index (χ0n) is 17.2. The van der Waals surface area contributed by atoms with Gasteiger partial charge in [0.1, 0.15) is 17.9 Å². The molecule has 4 aromatic rings. The van der Waals surface area contributed by atoms with Gasteiger partial charge in [-0.15, -0.1) is 0 Å². The summed E-state index contributed by atoms with van der Waals surface area (Å²) < 4.78 is 23.9. The minimum atomic E-state index is -0.234. The Balaban J connectivity index is 1.49. The minimum Gasteiger partial charge on any atom is -0.493 e. The number of nitrogens with one attached hydrogen (secondary N) is 1. The Morgan fingerprint density at radius 1 is 1.23 bits per heavy atom. The summed E-state index contributed by atoms with van der Waals surface area (Å²) in [5, 5.41) is 7.88. The molecule has 0 atom stereocenters. The highest BCUT2D eigenvalue weighted by Gasteiger charge is 2.20. The monoisotopic (exact) mass is 406 g/mol. The third kappa shape index (κ3) is 2.99. The van der Waals surface area contributed by atoms with E-state index in [1.165, 1.54) is 6.07 Å². The molecule has 1 aromatic carbocycles. The summed E-state index contributed by atoms with van der Waals surface area (Å²) in [5.41, 5.74) is 5.40. The van der Waals surface area contributed by atoms with E-state index in [4.69, 9.17) is 4.74 Å². The molecule has 0 saturated heterocycles. The molecule has 0 bridgehead atoms. The summed E-state index contributed by atoms with van der Waals surface area (Å²) >= 11 is 0. The van der Waals surface area contributed by atoms with E-state index in [1.54, 1.807) is 12.4 Å². The van der Waals surface area contributed by atoms with Gasteiger partial charge < -0.3 is 10.1 Å². The summed E-state index contributed by atoms with van der Waals surface area (Å²) in [6.07, 6.45) is 8.10. The molecule has 1 aliphatic rings. The number of halogens is 1. The first-order chi connectivity index (χ1) is 14.5. The molecule has 1 N–H and O–H groups in total. The maximum atomic E-state index is 14.5. The number of rotatable bonds is 5. The van der Waals surface area contributed by atoms with Crippen molar-refractivity contribution in [1.29, 1.82) is 0 Å². The van der Waals surface area contributed by atoms with Crippen LogP contribution in [-0.4, -0.2) is 30.8 Å². The van der Waals surface area contributed by atoms with Gasteiger partial charge in [-0.05, 0) is 32.9 Å². The highest BCUT2D eigenvalue weighted by Crippen LogP contribution is 2.32. The van der Waals surface area contributed by atoms with Gasteiger partial charge in [0.25, 0.3) is 0 Å². The van der Waals surface area contributed by atoms with Crippen LogP contribution in [0, 0.1) is 12.7 Å². The van der Waals surface area contributed by atoms with Gasteiger partial charge in [-0.25, -0.2) is 14.4 Å². The van der Waals surface area contributed by atoms with Crippen LogP contribution in [0.1, 0.15) is 36.7 Å². The molecular weight excluding hydrogens is 383 g/mol. The van der Waals surface area contributed by atoms with Crippen LogP contribution in [-0.2, 0) is 13.0 Å². The summed E-state index contributed by atoms with van der Waals surface area (Å²) in [5.74, 6) is 1.14. The molecule has 30 heavy (non-hydrogen) atoms. The molecule has 3 aromatic heterocycles. The normalized spacial score (nSPS) is 13.1. The van der Waals surface area contributed by atoms with Gasteiger partial charge in [-0.1, -0.05) is 0 Å². The molecule has 0 saturated carbocycles. The van der Waals surface area contributed by atoms with E-state index in [-0.39, 0.29) is 11.9 Å². The van der Waals surface area contributed by atoms with Crippen LogP contribution in [0.25, 0.3) is 16.6 Å². The van der Waals surface area contributed by atoms with Gasteiger partial charge in [0, 0.05) is 53.7 Å². The number of aryl methyl sites for hydroxylation is 1. The molecule has 5 rings (SSSR count). The molecule has 4 heterocycles. The number of anilines is 1. The predicted octanol–water partition coefficient (Wildman–Crippen LogP) is 4.17. The fourth-order valence-electron chi connectivity index (χ4n) is 3.94. The zero-order chi connectivity index (χ0) is 20.8. The summed E-state index contributed by atoms with van der Waals surface area (Å²) in [4.78, 5) is 8.92. The highest BCUT2D eigenvalue weighted by molar-refractivity contribution is 5.81. The molecule has 0 aliphatic carbocycles. The van der Waals surface area contributed by atoms with Crippen molar-refractivity contribution < 1.29 is 9.13 Å². The van der Waals surface area contributed by atoms with Gasteiger partial charge in [0.15, 0.2) is 0 Å². The Morgan fingerprint density at radius 2 is 2.10 bits per heavy atom. The third-order valence-corrected chi connectivity index (χ3v) is 5.56. The smallest absolute Gasteiger partial charge is 0.208 e. The Morgan fingerprint density at radius 3 is 2.90 bits per heavy atom. The maximum absolute atomic E-state index is 14.5. The summed E-state index contributed by atoms with van der Waals surface area (Å²) in [6.45, 7) is 7.10. The Hall–Kier alpha value is -3.42. The second-order valence-electron chi connectivity index (χ2n) is 7.80. The van der Waals surface area contributed by atoms with E-state index in [0.717, 1.165) is 40.1 Å². The molecule has 154 valence electrons. The van der Waals surface area contributed by atoms with Crippen LogP contribution in [0.3, 0.4) is 0 Å². The fraction of sp³-hybridized carbons (Fsp3) is 0.318. The Labute approximate surface area is 173 Å². The number of benzene rings is 1. The quantitative estimate of drug-likeness (QED) is 0.539. The number of nitrogens with zero attached hydrogens (tertiary/aromatic N) is 5. The lowest BCUT2D eigenvalue weighted by atomic mass is 10.0. The molecule has 7 nitrogen and oxygen atoms in total. The first kappa shape index (κ1) is 18.6. The predicted molar refractivity (Wildman–Crippen MR) is 112 cm³/mol. The number of aromatic nitrogens is 5. The molecular formula is C22H23FN6O. The fourth-order valence-corrected chi connectivity index (χ4v) is 3.94. The van der Waals surface area contributed by atoms with Crippen molar-refractivity contribution in [3.05, 3.63) is 59.7 Å². The zero-order valence-corrected chi connectivity index (χ0v) is 17.2. The van der Waals surface area contributed by atoms with Gasteiger partial charge in [-0.3, -0.25) is 9.08 Å². The summed E-state index contributed by atoms with van der Waals surface area (Å²) in [6, 6.07) is 3.43. The van der Waals surface area contributed by atoms with E-state index >= 15 is 0 Å². The second kappa shape index (κ2) is 7.12. The van der Waals surface area contributed by atoms with Crippen LogP contribution in [0.15, 0.2) is 37.1 Å². The topological polar surface area (TPSA) is 69.3 Å². The van der Waals surface area contributed by atoms with E-state index in [9.17, 15) is 4.39 Å². The molecule has 0 spiro atoms. The number of hydrogen-bond donors (Lipinski definition) is 1. The number of fused-ring (bicyclic) bond motifs is 2. The largest absolute Gasteiger partial charge is 0.493 e. The van der Waals surface area contributed by atoms with Crippen molar-refractivity contribution in [3.8, 4) is 16.9 Å². The Bertz CT molecular complexity index is 1240. The van der Waals surface area contributed by atoms with Crippen LogP contribution < -0.4 is 10.1 Å². The molecule has 0 fully saturated rings. The van der Waals surface area contributed by atoms with Crippen molar-refractivity contribution >= 4 is 11.5 Å². The van der Waals surface area contributed by atoms with E-state index < -0.39 is 0 Å². The molecule has 0 amide bonds. The summed E-state index contributed by atoms with van der Waals surface area (Å²) in [7, 11) is 0. The second-order valence-corrected chi connectivity index (χ2v) is 7.80. The van der Waals surface area contributed by atoms with E-state index in [2.05, 4.69) is 34.2 Å². The molecule has 0 radical (unpaired) electrons. The Kier molecular flexibility index (Phi) is 4.42. The number of imidazole rings is 1. The van der Waals surface area contributed by atoms with Crippen LogP contribution in [0.2, 0.25) is 0 Å². The van der Waals surface area contributed by atoms with E-state index in [0.29, 0.717) is 24.7 Å². The highest BCUT2D eigenvalue weighted by atomic mass is 19.1. The standard InChI is InChI=1S/C22H23FN6O/c1-13(2)29-11-18(14(3)27-29)17-9-26-22(28-12-24-10-20(17)28)25-8-16-15-6-7-30-21(15)5-4-19(16)23/h4-5,9-13H,6-8H2,1-3H3,(H,25,26). The van der Waals surface area contributed by atoms with Crippen LogP contribution >= 0.6 is 0 Å². The molecule has 0 unspecified atom stereocenters. The first-order valence-corrected chi connectivity index (χ1v) is 10.1. The lowest BCUT2D eigenvalue weighted by molar-refractivity contribution is 0.356. The molecule has 1 aliphatic heterocycles. The number of ether oxygens (including phenoxy) is 1.